The fourth-order valence-electron chi connectivity index (χ4n) is 1.55. The molecule has 0 heterocycles. The van der Waals surface area contributed by atoms with Crippen LogP contribution in [0.1, 0.15) is 21.5 Å². The van der Waals surface area contributed by atoms with Gasteiger partial charge in [-0.05, 0) is 42.0 Å². The molecule has 3 nitrogen and oxygen atoms in total. The second-order valence-electron chi connectivity index (χ2n) is 3.90. The molecule has 0 aliphatic rings. The van der Waals surface area contributed by atoms with E-state index in [2.05, 4.69) is 0 Å². The number of nitriles is 1. The van der Waals surface area contributed by atoms with Gasteiger partial charge in [-0.2, -0.15) is 5.26 Å². The highest BCUT2D eigenvalue weighted by Gasteiger charge is 2.07. The molecule has 0 aromatic heterocycles. The molecule has 94 valence electrons. The SMILES string of the molecule is N#Cc1cccc(COC(=O)c2ccc(Cl)cc2)c1. The van der Waals surface area contributed by atoms with E-state index in [-0.39, 0.29) is 6.61 Å². The molecule has 0 atom stereocenters. The number of nitrogens with zero attached hydrogens (tertiary/aromatic N) is 1. The smallest absolute Gasteiger partial charge is 0.338 e. The van der Waals surface area contributed by atoms with Crippen molar-refractivity contribution in [1.82, 2.24) is 0 Å². The van der Waals surface area contributed by atoms with Crippen LogP contribution in [-0.2, 0) is 11.3 Å². The summed E-state index contributed by atoms with van der Waals surface area (Å²) in [6.07, 6.45) is 0. The van der Waals surface area contributed by atoms with Crippen molar-refractivity contribution in [1.29, 1.82) is 5.26 Å². The Kier molecular flexibility index (Phi) is 4.17. The van der Waals surface area contributed by atoms with E-state index in [9.17, 15) is 4.79 Å². The fraction of sp³-hybridized carbons (Fsp3) is 0.0667. The molecule has 0 bridgehead atoms. The third kappa shape index (κ3) is 3.57. The Hall–Kier alpha value is -2.31. The molecule has 0 fully saturated rings. The molecule has 0 N–H and O–H groups in total. The number of halogens is 1. The first-order chi connectivity index (χ1) is 9.19. The number of ether oxygens (including phenoxy) is 1. The molecular formula is C15H10ClNO2. The summed E-state index contributed by atoms with van der Waals surface area (Å²) in [7, 11) is 0. The Bertz CT molecular complexity index is 629. The number of carbonyl (C=O) groups is 1. The lowest BCUT2D eigenvalue weighted by atomic mass is 10.1. The van der Waals surface area contributed by atoms with E-state index in [0.717, 1.165) is 5.56 Å². The molecule has 19 heavy (non-hydrogen) atoms. The van der Waals surface area contributed by atoms with Crippen LogP contribution < -0.4 is 0 Å². The van der Waals surface area contributed by atoms with Crippen molar-refractivity contribution in [3.63, 3.8) is 0 Å². The molecule has 0 amide bonds. The zero-order chi connectivity index (χ0) is 13.7. The van der Waals surface area contributed by atoms with Crippen LogP contribution in [0.4, 0.5) is 0 Å². The van der Waals surface area contributed by atoms with E-state index in [1.807, 2.05) is 6.07 Å². The summed E-state index contributed by atoms with van der Waals surface area (Å²) in [6, 6.07) is 15.5. The van der Waals surface area contributed by atoms with Gasteiger partial charge in [-0.3, -0.25) is 0 Å². The fourth-order valence-corrected chi connectivity index (χ4v) is 1.67. The van der Waals surface area contributed by atoms with Crippen LogP contribution in [0, 0.1) is 11.3 Å². The van der Waals surface area contributed by atoms with E-state index in [1.54, 1.807) is 48.5 Å². The molecule has 4 heteroatoms. The van der Waals surface area contributed by atoms with Crippen molar-refractivity contribution < 1.29 is 9.53 Å². The summed E-state index contributed by atoms with van der Waals surface area (Å²) < 4.78 is 5.16. The maximum Gasteiger partial charge on any atom is 0.338 e. The third-order valence-electron chi connectivity index (χ3n) is 2.51. The van der Waals surface area contributed by atoms with Gasteiger partial charge in [-0.25, -0.2) is 4.79 Å². The second kappa shape index (κ2) is 6.03. The molecule has 2 aromatic carbocycles. The molecule has 2 aromatic rings. The normalized spacial score (nSPS) is 9.68. The van der Waals surface area contributed by atoms with E-state index in [4.69, 9.17) is 21.6 Å². The summed E-state index contributed by atoms with van der Waals surface area (Å²) in [4.78, 5) is 11.8. The summed E-state index contributed by atoms with van der Waals surface area (Å²) in [5.41, 5.74) is 1.77. The lowest BCUT2D eigenvalue weighted by Crippen LogP contribution is -2.05. The Morgan fingerprint density at radius 2 is 1.95 bits per heavy atom. The minimum Gasteiger partial charge on any atom is -0.457 e. The van der Waals surface area contributed by atoms with Gasteiger partial charge >= 0.3 is 5.97 Å². The first kappa shape index (κ1) is 13.1. The number of hydrogen-bond acceptors (Lipinski definition) is 3. The lowest BCUT2D eigenvalue weighted by molar-refractivity contribution is 0.0472. The minimum atomic E-state index is -0.418. The van der Waals surface area contributed by atoms with Gasteiger partial charge in [0, 0.05) is 5.02 Å². The van der Waals surface area contributed by atoms with E-state index in [0.29, 0.717) is 16.1 Å². The van der Waals surface area contributed by atoms with Gasteiger partial charge < -0.3 is 4.74 Å². The molecule has 0 saturated carbocycles. The first-order valence-corrected chi connectivity index (χ1v) is 5.98. The zero-order valence-electron chi connectivity index (χ0n) is 9.97. The predicted octanol–water partition coefficient (Wildman–Crippen LogP) is 3.57. The number of carbonyl (C=O) groups excluding carboxylic acids is 1. The quantitative estimate of drug-likeness (QED) is 0.802. The van der Waals surface area contributed by atoms with E-state index < -0.39 is 5.97 Å². The van der Waals surface area contributed by atoms with Crippen LogP contribution in [0.15, 0.2) is 48.5 Å². The van der Waals surface area contributed by atoms with E-state index in [1.165, 1.54) is 0 Å². The minimum absolute atomic E-state index is 0.136. The standard InChI is InChI=1S/C15H10ClNO2/c16-14-6-4-13(5-7-14)15(18)19-10-12-3-1-2-11(8-12)9-17/h1-8H,10H2. The predicted molar refractivity (Wildman–Crippen MR) is 71.7 cm³/mol. The third-order valence-corrected chi connectivity index (χ3v) is 2.76. The molecule has 0 saturated heterocycles. The Labute approximate surface area is 116 Å². The zero-order valence-corrected chi connectivity index (χ0v) is 10.7. The van der Waals surface area contributed by atoms with Crippen LogP contribution in [0.5, 0.6) is 0 Å². The number of rotatable bonds is 3. The first-order valence-electron chi connectivity index (χ1n) is 5.61. The highest BCUT2D eigenvalue weighted by atomic mass is 35.5. The van der Waals surface area contributed by atoms with Crippen LogP contribution in [0.3, 0.4) is 0 Å². The van der Waals surface area contributed by atoms with Crippen molar-refractivity contribution in [3.05, 3.63) is 70.2 Å². The lowest BCUT2D eigenvalue weighted by Gasteiger charge is -2.05. The molecule has 0 unspecified atom stereocenters. The number of benzene rings is 2. The van der Waals surface area contributed by atoms with Gasteiger partial charge in [-0.1, -0.05) is 23.7 Å². The Morgan fingerprint density at radius 3 is 2.63 bits per heavy atom. The summed E-state index contributed by atoms with van der Waals surface area (Å²) in [5, 5.41) is 9.34. The maximum atomic E-state index is 11.8. The van der Waals surface area contributed by atoms with Crippen LogP contribution in [0.2, 0.25) is 5.02 Å². The Balaban J connectivity index is 2.00. The van der Waals surface area contributed by atoms with Crippen molar-refractivity contribution in [2.75, 3.05) is 0 Å². The average Bonchev–Trinajstić information content (AvgIpc) is 2.46. The van der Waals surface area contributed by atoms with Gasteiger partial charge in [0.2, 0.25) is 0 Å². The average molecular weight is 272 g/mol. The molecular weight excluding hydrogens is 262 g/mol. The molecule has 2 rings (SSSR count). The molecule has 0 aliphatic heterocycles. The molecule has 0 aliphatic carbocycles. The highest BCUT2D eigenvalue weighted by molar-refractivity contribution is 6.30. The van der Waals surface area contributed by atoms with Gasteiger partial charge in [-0.15, -0.1) is 0 Å². The van der Waals surface area contributed by atoms with Crippen molar-refractivity contribution in [2.45, 2.75) is 6.61 Å². The van der Waals surface area contributed by atoms with Gasteiger partial charge in [0.1, 0.15) is 6.61 Å². The molecule has 0 radical (unpaired) electrons. The largest absolute Gasteiger partial charge is 0.457 e. The van der Waals surface area contributed by atoms with Crippen LogP contribution in [0.25, 0.3) is 0 Å². The summed E-state index contributed by atoms with van der Waals surface area (Å²) >= 11 is 5.74. The topological polar surface area (TPSA) is 50.1 Å². The van der Waals surface area contributed by atoms with Crippen LogP contribution in [-0.4, -0.2) is 5.97 Å². The Morgan fingerprint density at radius 1 is 1.21 bits per heavy atom. The monoisotopic (exact) mass is 271 g/mol. The van der Waals surface area contributed by atoms with Crippen molar-refractivity contribution in [2.24, 2.45) is 0 Å². The highest BCUT2D eigenvalue weighted by Crippen LogP contribution is 2.12. The van der Waals surface area contributed by atoms with Gasteiger partial charge in [0.15, 0.2) is 0 Å². The summed E-state index contributed by atoms with van der Waals surface area (Å²) in [6.45, 7) is 0.136. The van der Waals surface area contributed by atoms with Gasteiger partial charge in [0.05, 0.1) is 17.2 Å². The summed E-state index contributed by atoms with van der Waals surface area (Å²) in [5.74, 6) is -0.418. The maximum absolute atomic E-state index is 11.8. The number of hydrogen-bond donors (Lipinski definition) is 0. The van der Waals surface area contributed by atoms with Crippen molar-refractivity contribution >= 4 is 17.6 Å². The number of esters is 1. The van der Waals surface area contributed by atoms with E-state index >= 15 is 0 Å². The van der Waals surface area contributed by atoms with Gasteiger partial charge in [0.25, 0.3) is 0 Å². The van der Waals surface area contributed by atoms with Crippen LogP contribution >= 0.6 is 11.6 Å². The molecule has 0 spiro atoms. The van der Waals surface area contributed by atoms with Crippen molar-refractivity contribution in [3.8, 4) is 6.07 Å². The second-order valence-corrected chi connectivity index (χ2v) is 4.33.